The van der Waals surface area contributed by atoms with Crippen LogP contribution >= 0.6 is 24.0 Å². The van der Waals surface area contributed by atoms with E-state index >= 15 is 0 Å². The average molecular weight is 487 g/mol. The van der Waals surface area contributed by atoms with Gasteiger partial charge in [0.1, 0.15) is 12.2 Å². The van der Waals surface area contributed by atoms with E-state index in [1.54, 1.807) is 6.33 Å². The van der Waals surface area contributed by atoms with Crippen LogP contribution < -0.4 is 5.32 Å². The number of nitrogens with one attached hydrogen (secondary N) is 2. The van der Waals surface area contributed by atoms with E-state index in [4.69, 9.17) is 0 Å². The number of guanidine groups is 1. The van der Waals surface area contributed by atoms with Crippen molar-refractivity contribution in [3.63, 3.8) is 0 Å². The summed E-state index contributed by atoms with van der Waals surface area (Å²) >= 11 is 0. The fraction of sp³-hybridized carbons (Fsp3) is 0.647. The van der Waals surface area contributed by atoms with Crippen LogP contribution in [0.5, 0.6) is 0 Å². The number of likely N-dealkylation sites (N-methyl/N-ethyl adjacent to an activating group) is 1. The van der Waals surface area contributed by atoms with Gasteiger partial charge in [0.05, 0.1) is 12.2 Å². The maximum absolute atomic E-state index is 4.49. The van der Waals surface area contributed by atoms with Crippen molar-refractivity contribution in [1.82, 2.24) is 40.1 Å². The van der Waals surface area contributed by atoms with Crippen molar-refractivity contribution in [2.75, 3.05) is 40.8 Å². The molecule has 3 heterocycles. The second-order valence-electron chi connectivity index (χ2n) is 6.99. The topological polar surface area (TPSA) is 90.3 Å². The Morgan fingerprint density at radius 2 is 2.15 bits per heavy atom. The summed E-state index contributed by atoms with van der Waals surface area (Å²) in [6.07, 6.45) is 7.68. The minimum absolute atomic E-state index is 0. The molecule has 0 aromatic carbocycles. The van der Waals surface area contributed by atoms with Gasteiger partial charge in [-0.05, 0) is 26.9 Å². The van der Waals surface area contributed by atoms with Crippen molar-refractivity contribution in [2.45, 2.75) is 24.8 Å². The lowest BCUT2D eigenvalue weighted by atomic mass is 9.96. The number of likely N-dealkylation sites (tertiary alicyclic amines) is 1. The molecule has 0 amide bonds. The molecule has 0 aliphatic carbocycles. The van der Waals surface area contributed by atoms with Crippen LogP contribution in [0.4, 0.5) is 0 Å². The number of piperidine rings is 1. The molecule has 2 aromatic rings. The Kier molecular flexibility index (Phi) is 8.02. The molecule has 1 saturated heterocycles. The summed E-state index contributed by atoms with van der Waals surface area (Å²) in [5.41, 5.74) is 1.20. The van der Waals surface area contributed by atoms with Crippen LogP contribution in [0, 0.1) is 0 Å². The highest BCUT2D eigenvalue weighted by molar-refractivity contribution is 14.0. The Balaban J connectivity index is 0.00000261. The van der Waals surface area contributed by atoms with Crippen LogP contribution in [0.1, 0.15) is 36.2 Å². The Bertz CT molecular complexity index is 702. The Labute approximate surface area is 177 Å². The minimum Gasteiger partial charge on any atom is -0.354 e. The number of halogens is 1. The van der Waals surface area contributed by atoms with Crippen molar-refractivity contribution in [3.05, 3.63) is 30.1 Å². The second kappa shape index (κ2) is 10.0. The number of nitrogens with zero attached hydrogens (tertiary/aromatic N) is 7. The quantitative estimate of drug-likeness (QED) is 0.375. The molecule has 1 aliphatic heterocycles. The summed E-state index contributed by atoms with van der Waals surface area (Å²) in [6, 6.07) is 0.243. The summed E-state index contributed by atoms with van der Waals surface area (Å²) in [5, 5.41) is 14.8. The molecule has 1 unspecified atom stereocenters. The predicted molar refractivity (Wildman–Crippen MR) is 116 cm³/mol. The number of hydrogen-bond donors (Lipinski definition) is 2. The zero-order valence-electron chi connectivity index (χ0n) is 16.5. The highest BCUT2D eigenvalue weighted by Gasteiger charge is 2.25. The van der Waals surface area contributed by atoms with Gasteiger partial charge in [-0.25, -0.2) is 4.98 Å². The monoisotopic (exact) mass is 487 g/mol. The van der Waals surface area contributed by atoms with Gasteiger partial charge in [0.15, 0.2) is 5.96 Å². The summed E-state index contributed by atoms with van der Waals surface area (Å²) in [5.74, 6) is 2.41. The van der Waals surface area contributed by atoms with Gasteiger partial charge in [0.25, 0.3) is 0 Å². The number of aryl methyl sites for hydroxylation is 1. The number of H-pyrrole nitrogens is 1. The van der Waals surface area contributed by atoms with E-state index < -0.39 is 0 Å². The van der Waals surface area contributed by atoms with Gasteiger partial charge in [-0.3, -0.25) is 14.8 Å². The van der Waals surface area contributed by atoms with E-state index in [2.05, 4.69) is 60.7 Å². The first kappa shape index (κ1) is 21.6. The number of rotatable bonds is 5. The van der Waals surface area contributed by atoms with Gasteiger partial charge in [-0.2, -0.15) is 10.2 Å². The fourth-order valence-corrected chi connectivity index (χ4v) is 3.51. The lowest BCUT2D eigenvalue weighted by Gasteiger charge is -2.34. The molecule has 0 bridgehead atoms. The first-order valence-corrected chi connectivity index (χ1v) is 9.04. The lowest BCUT2D eigenvalue weighted by Crippen LogP contribution is -2.47. The third-order valence-corrected chi connectivity index (χ3v) is 5.01. The molecule has 150 valence electrons. The van der Waals surface area contributed by atoms with Gasteiger partial charge in [0, 0.05) is 51.4 Å². The number of aromatic nitrogens is 5. The number of hydrogen-bond acceptors (Lipinski definition) is 5. The summed E-state index contributed by atoms with van der Waals surface area (Å²) < 4.78 is 1.84. The van der Waals surface area contributed by atoms with Crippen molar-refractivity contribution in [3.8, 4) is 0 Å². The minimum atomic E-state index is 0. The Morgan fingerprint density at radius 1 is 1.41 bits per heavy atom. The first-order valence-electron chi connectivity index (χ1n) is 9.04. The molecule has 3 rings (SSSR count). The predicted octanol–water partition coefficient (Wildman–Crippen LogP) is 1.21. The van der Waals surface area contributed by atoms with E-state index in [1.807, 2.05) is 25.0 Å². The fourth-order valence-electron chi connectivity index (χ4n) is 3.51. The third-order valence-electron chi connectivity index (χ3n) is 5.01. The van der Waals surface area contributed by atoms with Crippen LogP contribution in [0.2, 0.25) is 0 Å². The van der Waals surface area contributed by atoms with Crippen molar-refractivity contribution < 1.29 is 0 Å². The van der Waals surface area contributed by atoms with Crippen LogP contribution in [-0.4, -0.2) is 81.5 Å². The maximum atomic E-state index is 4.49. The van der Waals surface area contributed by atoms with Crippen molar-refractivity contribution in [1.29, 1.82) is 0 Å². The molecule has 1 aliphatic rings. The molecular weight excluding hydrogens is 457 g/mol. The van der Waals surface area contributed by atoms with Crippen molar-refractivity contribution >= 4 is 29.9 Å². The molecule has 0 radical (unpaired) electrons. The molecule has 2 aromatic heterocycles. The normalized spacial score (nSPS) is 17.1. The van der Waals surface area contributed by atoms with Crippen molar-refractivity contribution in [2.24, 2.45) is 12.0 Å². The summed E-state index contributed by atoms with van der Waals surface area (Å²) in [7, 11) is 7.97. The van der Waals surface area contributed by atoms with E-state index in [1.165, 1.54) is 5.56 Å². The van der Waals surface area contributed by atoms with Crippen LogP contribution in [0.3, 0.4) is 0 Å². The first-order chi connectivity index (χ1) is 12.6. The molecule has 1 atom stereocenters. The molecule has 0 saturated carbocycles. The zero-order valence-corrected chi connectivity index (χ0v) is 18.8. The molecule has 27 heavy (non-hydrogen) atoms. The van der Waals surface area contributed by atoms with E-state index in [-0.39, 0.29) is 30.0 Å². The van der Waals surface area contributed by atoms with Crippen LogP contribution in [0.25, 0.3) is 0 Å². The van der Waals surface area contributed by atoms with Crippen LogP contribution in [0.15, 0.2) is 23.7 Å². The summed E-state index contributed by atoms with van der Waals surface area (Å²) in [4.78, 5) is 13.3. The van der Waals surface area contributed by atoms with Gasteiger partial charge >= 0.3 is 0 Å². The molecule has 0 spiro atoms. The van der Waals surface area contributed by atoms with Gasteiger partial charge in [-0.15, -0.1) is 24.0 Å². The third kappa shape index (κ3) is 5.41. The van der Waals surface area contributed by atoms with E-state index in [9.17, 15) is 0 Å². The average Bonchev–Trinajstić information content (AvgIpc) is 3.31. The van der Waals surface area contributed by atoms with Gasteiger partial charge in [-0.1, -0.05) is 0 Å². The largest absolute Gasteiger partial charge is 0.354 e. The molecule has 10 heteroatoms. The second-order valence-corrected chi connectivity index (χ2v) is 6.99. The number of aromatic amines is 1. The zero-order chi connectivity index (χ0) is 18.5. The molecular formula is C17H30IN9. The smallest absolute Gasteiger partial charge is 0.193 e. The summed E-state index contributed by atoms with van der Waals surface area (Å²) in [6.45, 7) is 2.71. The molecule has 2 N–H and O–H groups in total. The number of aliphatic imine (C=N–C) groups is 1. The highest BCUT2D eigenvalue weighted by atomic mass is 127. The molecule has 9 nitrogen and oxygen atoms in total. The Morgan fingerprint density at radius 3 is 2.67 bits per heavy atom. The van der Waals surface area contributed by atoms with E-state index in [0.717, 1.165) is 44.3 Å². The molecule has 1 fully saturated rings. The van der Waals surface area contributed by atoms with Gasteiger partial charge < -0.3 is 15.1 Å². The maximum Gasteiger partial charge on any atom is 0.193 e. The SMILES string of the molecule is CN=C(NCC(c1cnn(C)c1)N(C)C)N1CCC(c2ncn[nH]2)CC1.I. The lowest BCUT2D eigenvalue weighted by molar-refractivity contribution is 0.279. The van der Waals surface area contributed by atoms with Crippen LogP contribution in [-0.2, 0) is 7.05 Å². The van der Waals surface area contributed by atoms with Gasteiger partial charge in [0.2, 0.25) is 0 Å². The van der Waals surface area contributed by atoms with E-state index in [0.29, 0.717) is 5.92 Å². The Hall–Kier alpha value is -1.69. The standard InChI is InChI=1S/C17H29N9.HI/c1-18-17(19-10-15(24(2)3)14-9-22-25(4)11-14)26-7-5-13(6-8-26)16-20-12-21-23-16;/h9,11-13,15H,5-8,10H2,1-4H3,(H,18,19)(H,20,21,23);1H. The highest BCUT2D eigenvalue weighted by Crippen LogP contribution is 2.25.